The maximum absolute atomic E-state index is 13.2. The molecule has 31 heavy (non-hydrogen) atoms. The van der Waals surface area contributed by atoms with Gasteiger partial charge >= 0.3 is 0 Å². The minimum Gasteiger partial charge on any atom is -0.351 e. The van der Waals surface area contributed by atoms with Crippen molar-refractivity contribution in [1.82, 2.24) is 24.9 Å². The smallest absolute Gasteiger partial charge is 0.272 e. The first kappa shape index (κ1) is 23.3. The molecule has 2 bridgehead atoms. The predicted molar refractivity (Wildman–Crippen MR) is 119 cm³/mol. The number of carbonyl (C=O) groups is 3. The van der Waals surface area contributed by atoms with Gasteiger partial charge in [-0.1, -0.05) is 13.8 Å². The highest BCUT2D eigenvalue weighted by Crippen LogP contribution is 2.28. The Bertz CT molecular complexity index is 816. The monoisotopic (exact) mass is 431 g/mol. The molecule has 2 aliphatic rings. The van der Waals surface area contributed by atoms with Crippen LogP contribution in [-0.4, -0.2) is 69.5 Å². The van der Waals surface area contributed by atoms with E-state index >= 15 is 0 Å². The largest absolute Gasteiger partial charge is 0.351 e. The molecule has 0 spiro atoms. The zero-order valence-corrected chi connectivity index (χ0v) is 19.4. The van der Waals surface area contributed by atoms with Gasteiger partial charge < -0.3 is 15.1 Å². The van der Waals surface area contributed by atoms with Gasteiger partial charge in [0.1, 0.15) is 0 Å². The molecular weight excluding hydrogens is 394 g/mol. The van der Waals surface area contributed by atoms with Crippen molar-refractivity contribution in [2.24, 2.45) is 13.0 Å². The zero-order valence-electron chi connectivity index (χ0n) is 19.4. The van der Waals surface area contributed by atoms with Crippen molar-refractivity contribution in [3.05, 3.63) is 17.0 Å². The van der Waals surface area contributed by atoms with Crippen LogP contribution in [-0.2, 0) is 29.5 Å². The van der Waals surface area contributed by atoms with Crippen LogP contribution in [0.15, 0.2) is 0 Å². The number of aromatic nitrogens is 2. The van der Waals surface area contributed by atoms with E-state index in [4.69, 9.17) is 0 Å². The highest BCUT2D eigenvalue weighted by molar-refractivity contribution is 5.94. The maximum atomic E-state index is 13.2. The molecule has 0 radical (unpaired) electrons. The summed E-state index contributed by atoms with van der Waals surface area (Å²) in [6.45, 7) is 8.28. The number of carbonyl (C=O) groups excluding carboxylic acids is 3. The summed E-state index contributed by atoms with van der Waals surface area (Å²) in [6, 6.07) is 0.0866. The minimum atomic E-state index is -0.165. The van der Waals surface area contributed by atoms with Crippen LogP contribution in [0.3, 0.4) is 0 Å². The van der Waals surface area contributed by atoms with Crippen molar-refractivity contribution in [1.29, 1.82) is 0 Å². The fraction of sp³-hybridized carbons (Fsp3) is 0.739. The molecule has 8 nitrogen and oxygen atoms in total. The minimum absolute atomic E-state index is 0.00667. The summed E-state index contributed by atoms with van der Waals surface area (Å²) in [5.41, 5.74) is 2.57. The van der Waals surface area contributed by atoms with E-state index in [9.17, 15) is 14.4 Å². The first-order chi connectivity index (χ1) is 14.8. The third kappa shape index (κ3) is 5.66. The highest BCUT2D eigenvalue weighted by atomic mass is 16.2. The molecule has 3 rings (SSSR count). The molecule has 172 valence electrons. The lowest BCUT2D eigenvalue weighted by atomic mass is 9.89. The van der Waals surface area contributed by atoms with Gasteiger partial charge in [0.15, 0.2) is 5.69 Å². The molecule has 8 heteroatoms. The number of rotatable bonds is 3. The number of fused-ring (bicyclic) bond motifs is 1. The Morgan fingerprint density at radius 3 is 2.65 bits per heavy atom. The third-order valence-corrected chi connectivity index (χ3v) is 6.51. The summed E-state index contributed by atoms with van der Waals surface area (Å²) in [7, 11) is 1.89. The number of nitrogens with zero attached hydrogens (tertiary/aromatic N) is 4. The quantitative estimate of drug-likeness (QED) is 0.792. The zero-order chi connectivity index (χ0) is 22.5. The van der Waals surface area contributed by atoms with Gasteiger partial charge in [0, 0.05) is 63.9 Å². The molecule has 0 fully saturated rings. The lowest BCUT2D eigenvalue weighted by Crippen LogP contribution is -2.44. The average molecular weight is 432 g/mol. The number of hydrogen-bond acceptors (Lipinski definition) is 4. The van der Waals surface area contributed by atoms with Crippen LogP contribution in [0.4, 0.5) is 0 Å². The summed E-state index contributed by atoms with van der Waals surface area (Å²) in [6.07, 6.45) is 5.13. The molecular formula is C23H37N5O3. The second kappa shape index (κ2) is 10.3. The summed E-state index contributed by atoms with van der Waals surface area (Å²) in [5.74, 6) is 0.507. The van der Waals surface area contributed by atoms with Crippen molar-refractivity contribution in [2.45, 2.75) is 71.8 Å². The van der Waals surface area contributed by atoms with Gasteiger partial charge in [-0.15, -0.1) is 0 Å². The molecule has 1 aromatic heterocycles. The fourth-order valence-electron chi connectivity index (χ4n) is 4.67. The Kier molecular flexibility index (Phi) is 7.73. The Hall–Kier alpha value is -2.38. The van der Waals surface area contributed by atoms with Crippen LogP contribution in [0.2, 0.25) is 0 Å². The van der Waals surface area contributed by atoms with Gasteiger partial charge in [-0.2, -0.15) is 5.10 Å². The van der Waals surface area contributed by atoms with Gasteiger partial charge in [-0.25, -0.2) is 0 Å². The maximum Gasteiger partial charge on any atom is 0.272 e. The van der Waals surface area contributed by atoms with Gasteiger partial charge in [0.2, 0.25) is 11.8 Å². The Balaban J connectivity index is 1.88. The predicted octanol–water partition coefficient (Wildman–Crippen LogP) is 1.91. The first-order valence-electron chi connectivity index (χ1n) is 11.7. The molecule has 1 N–H and O–H groups in total. The standard InChI is InChI=1S/C23H37N5O3/c1-16(2)10-14-28-18-8-9-20-19(15-18)22(25-26(20)4)23(31)24-11-6-13-27(17(3)29)12-5-7-21(28)30/h16,18H,5-15H2,1-4H3,(H,24,31). The van der Waals surface area contributed by atoms with Crippen molar-refractivity contribution >= 4 is 17.7 Å². The van der Waals surface area contributed by atoms with Crippen LogP contribution in [0.5, 0.6) is 0 Å². The second-order valence-corrected chi connectivity index (χ2v) is 9.28. The number of amides is 3. The fourth-order valence-corrected chi connectivity index (χ4v) is 4.67. The normalized spacial score (nSPS) is 21.0. The molecule has 1 aliphatic heterocycles. The SMILES string of the molecule is CC(=O)N1CCCNC(=O)c2nn(C)c3c2CC(CC3)N(CCC(C)C)C(=O)CCC1. The van der Waals surface area contributed by atoms with Crippen molar-refractivity contribution in [3.8, 4) is 0 Å². The molecule has 1 aromatic rings. The van der Waals surface area contributed by atoms with Crippen LogP contribution in [0.25, 0.3) is 0 Å². The summed E-state index contributed by atoms with van der Waals surface area (Å²) in [4.78, 5) is 41.9. The second-order valence-electron chi connectivity index (χ2n) is 9.28. The molecule has 1 atom stereocenters. The Labute approximate surface area is 185 Å². The molecule has 3 amide bonds. The van der Waals surface area contributed by atoms with Crippen molar-refractivity contribution in [2.75, 3.05) is 26.2 Å². The number of hydrogen-bond donors (Lipinski definition) is 1. The first-order valence-corrected chi connectivity index (χ1v) is 11.7. The molecule has 0 saturated heterocycles. The van der Waals surface area contributed by atoms with E-state index in [0.29, 0.717) is 56.9 Å². The number of nitrogens with one attached hydrogen (secondary N) is 1. The highest BCUT2D eigenvalue weighted by Gasteiger charge is 2.33. The summed E-state index contributed by atoms with van der Waals surface area (Å²) >= 11 is 0. The molecule has 1 unspecified atom stereocenters. The van der Waals surface area contributed by atoms with E-state index in [2.05, 4.69) is 24.3 Å². The van der Waals surface area contributed by atoms with Gasteiger partial charge in [0.05, 0.1) is 0 Å². The summed E-state index contributed by atoms with van der Waals surface area (Å²) < 4.78 is 1.82. The van der Waals surface area contributed by atoms with E-state index < -0.39 is 0 Å². The lowest BCUT2D eigenvalue weighted by Gasteiger charge is -2.35. The molecule has 2 heterocycles. The van der Waals surface area contributed by atoms with Gasteiger partial charge in [0.25, 0.3) is 5.91 Å². The summed E-state index contributed by atoms with van der Waals surface area (Å²) in [5, 5.41) is 7.49. The van der Waals surface area contributed by atoms with Gasteiger partial charge in [-0.3, -0.25) is 19.1 Å². The molecule has 0 saturated carbocycles. The molecule has 0 aromatic carbocycles. The molecule has 1 aliphatic carbocycles. The number of aryl methyl sites for hydroxylation is 1. The Morgan fingerprint density at radius 1 is 1.19 bits per heavy atom. The van der Waals surface area contributed by atoms with E-state index in [0.717, 1.165) is 37.1 Å². The van der Waals surface area contributed by atoms with Crippen molar-refractivity contribution in [3.63, 3.8) is 0 Å². The van der Waals surface area contributed by atoms with Crippen LogP contribution >= 0.6 is 0 Å². The van der Waals surface area contributed by atoms with E-state index in [1.807, 2.05) is 16.6 Å². The van der Waals surface area contributed by atoms with Crippen LogP contribution in [0.1, 0.15) is 74.6 Å². The topological polar surface area (TPSA) is 87.5 Å². The van der Waals surface area contributed by atoms with E-state index in [1.165, 1.54) is 0 Å². The third-order valence-electron chi connectivity index (χ3n) is 6.51. The van der Waals surface area contributed by atoms with Gasteiger partial charge in [-0.05, 0) is 44.4 Å². The average Bonchev–Trinajstić information content (AvgIpc) is 3.04. The lowest BCUT2D eigenvalue weighted by molar-refractivity contribution is -0.135. The Morgan fingerprint density at radius 2 is 1.94 bits per heavy atom. The van der Waals surface area contributed by atoms with Crippen LogP contribution < -0.4 is 5.32 Å². The van der Waals surface area contributed by atoms with Crippen LogP contribution in [0, 0.1) is 5.92 Å². The van der Waals surface area contributed by atoms with E-state index in [-0.39, 0.29) is 23.8 Å². The van der Waals surface area contributed by atoms with Crippen molar-refractivity contribution < 1.29 is 14.4 Å². The van der Waals surface area contributed by atoms with E-state index in [1.54, 1.807) is 11.8 Å².